The summed E-state index contributed by atoms with van der Waals surface area (Å²) in [7, 11) is -2.58. The van der Waals surface area contributed by atoms with Gasteiger partial charge >= 0.3 is 11.2 Å². The Hall–Kier alpha value is -3.68. The van der Waals surface area contributed by atoms with Gasteiger partial charge in [0.1, 0.15) is 5.69 Å². The van der Waals surface area contributed by atoms with Crippen LogP contribution in [0.5, 0.6) is 11.5 Å². The van der Waals surface area contributed by atoms with Gasteiger partial charge in [0.2, 0.25) is 15.8 Å². The summed E-state index contributed by atoms with van der Waals surface area (Å²) >= 11 is 6.12. The van der Waals surface area contributed by atoms with Gasteiger partial charge in [0.15, 0.2) is 5.75 Å². The van der Waals surface area contributed by atoms with Crippen molar-refractivity contribution in [2.45, 2.75) is 31.1 Å². The molecule has 2 aliphatic rings. The molecule has 0 amide bonds. The number of hydrogen-bond donors (Lipinski definition) is 0. The molecule has 14 heteroatoms. The molecule has 1 aliphatic heterocycles. The number of anilines is 1. The second-order valence-electron chi connectivity index (χ2n) is 9.59. The number of halogens is 1. The van der Waals surface area contributed by atoms with Gasteiger partial charge in [-0.1, -0.05) is 29.8 Å². The van der Waals surface area contributed by atoms with Crippen molar-refractivity contribution in [3.05, 3.63) is 79.7 Å². The fourth-order valence-corrected chi connectivity index (χ4v) is 6.48. The molecule has 3 aromatic rings. The van der Waals surface area contributed by atoms with E-state index in [1.165, 1.54) is 34.3 Å². The molecule has 2 aromatic carbocycles. The van der Waals surface area contributed by atoms with Crippen LogP contribution in [0.25, 0.3) is 5.69 Å². The monoisotopic (exact) mass is 589 g/mol. The van der Waals surface area contributed by atoms with E-state index >= 15 is 0 Å². The number of nitro groups is 1. The van der Waals surface area contributed by atoms with E-state index in [2.05, 4.69) is 5.10 Å². The van der Waals surface area contributed by atoms with Crippen molar-refractivity contribution in [2.75, 3.05) is 38.2 Å². The van der Waals surface area contributed by atoms with E-state index in [1.807, 2.05) is 4.90 Å². The Morgan fingerprint density at radius 2 is 1.85 bits per heavy atom. The van der Waals surface area contributed by atoms with Crippen molar-refractivity contribution < 1.29 is 22.8 Å². The highest BCUT2D eigenvalue weighted by molar-refractivity contribution is 7.88. The number of nitrogens with zero attached hydrogens (tertiary/aromatic N) is 5. The van der Waals surface area contributed by atoms with Crippen molar-refractivity contribution in [2.24, 2.45) is 0 Å². The first-order valence-corrected chi connectivity index (χ1v) is 14.7. The molecule has 0 atom stereocenters. The summed E-state index contributed by atoms with van der Waals surface area (Å²) < 4.78 is 40.3. The maximum absolute atomic E-state index is 13.5. The molecule has 12 nitrogen and oxygen atoms in total. The van der Waals surface area contributed by atoms with E-state index in [0.29, 0.717) is 16.4 Å². The summed E-state index contributed by atoms with van der Waals surface area (Å²) in [6, 6.07) is 11.2. The molecular weight excluding hydrogens is 562 g/mol. The minimum absolute atomic E-state index is 0.00141. The first-order chi connectivity index (χ1) is 19.2. The number of methoxy groups -OCH3 is 1. The van der Waals surface area contributed by atoms with Crippen molar-refractivity contribution in [3.8, 4) is 17.2 Å². The van der Waals surface area contributed by atoms with Gasteiger partial charge in [0.05, 0.1) is 41.3 Å². The van der Waals surface area contributed by atoms with Gasteiger partial charge in [0, 0.05) is 31.2 Å². The highest BCUT2D eigenvalue weighted by Crippen LogP contribution is 2.34. The van der Waals surface area contributed by atoms with Gasteiger partial charge in [-0.25, -0.2) is 8.42 Å². The maximum atomic E-state index is 13.5. The Kier molecular flexibility index (Phi) is 7.97. The molecule has 212 valence electrons. The number of rotatable bonds is 9. The lowest BCUT2D eigenvalue weighted by Gasteiger charge is -2.36. The van der Waals surface area contributed by atoms with Gasteiger partial charge < -0.3 is 14.4 Å². The average molecular weight is 590 g/mol. The lowest BCUT2D eigenvalue weighted by Crippen LogP contribution is -2.49. The second kappa shape index (κ2) is 11.4. The Morgan fingerprint density at radius 1 is 1.12 bits per heavy atom. The zero-order valence-electron chi connectivity index (χ0n) is 21.7. The number of hydrogen-bond acceptors (Lipinski definition) is 9. The van der Waals surface area contributed by atoms with Crippen molar-refractivity contribution in [1.82, 2.24) is 14.1 Å². The number of sulfonamides is 1. The average Bonchev–Trinajstić information content (AvgIpc) is 2.90. The van der Waals surface area contributed by atoms with Gasteiger partial charge in [-0.3, -0.25) is 14.9 Å². The molecule has 2 heterocycles. The minimum atomic E-state index is -3.88. The molecule has 0 unspecified atom stereocenters. The molecule has 0 bridgehead atoms. The van der Waals surface area contributed by atoms with Crippen LogP contribution in [0, 0.1) is 10.1 Å². The molecule has 1 aliphatic carbocycles. The van der Waals surface area contributed by atoms with Crippen LogP contribution in [-0.4, -0.2) is 66.8 Å². The zero-order chi connectivity index (χ0) is 28.4. The van der Waals surface area contributed by atoms with Crippen LogP contribution in [0.15, 0.2) is 53.5 Å². The molecule has 5 rings (SSSR count). The number of aromatic nitrogens is 2. The van der Waals surface area contributed by atoms with Gasteiger partial charge in [0.25, 0.3) is 0 Å². The summed E-state index contributed by atoms with van der Waals surface area (Å²) in [4.78, 5) is 26.4. The molecule has 1 aromatic heterocycles. The Labute approximate surface area is 235 Å². The Balaban J connectivity index is 1.37. The van der Waals surface area contributed by atoms with E-state index in [0.717, 1.165) is 19.3 Å². The van der Waals surface area contributed by atoms with E-state index in [1.54, 1.807) is 30.5 Å². The van der Waals surface area contributed by atoms with E-state index in [-0.39, 0.29) is 55.0 Å². The fourth-order valence-electron chi connectivity index (χ4n) is 4.76. The van der Waals surface area contributed by atoms with Crippen LogP contribution < -0.4 is 19.9 Å². The first kappa shape index (κ1) is 27.9. The lowest BCUT2D eigenvalue weighted by molar-refractivity contribution is -0.386. The highest BCUT2D eigenvalue weighted by Gasteiger charge is 2.33. The largest absolute Gasteiger partial charge is 0.490 e. The summed E-state index contributed by atoms with van der Waals surface area (Å²) in [5.74, 6) is -0.363. The number of para-hydroxylation sites is 1. The fraction of sp³-hybridized carbons (Fsp3) is 0.385. The summed E-state index contributed by atoms with van der Waals surface area (Å²) in [6.45, 7) is 0.812. The SMILES string of the molecule is COc1cccc(CS(=O)(=O)N2CCN(c3cnn(-c4cccc(Cl)c4)c(=O)c3OC3CCC3)CC2)c1[N+](=O)[O-]. The molecule has 0 N–H and O–H groups in total. The Morgan fingerprint density at radius 3 is 2.48 bits per heavy atom. The van der Waals surface area contributed by atoms with Crippen LogP contribution in [0.2, 0.25) is 5.02 Å². The van der Waals surface area contributed by atoms with Crippen molar-refractivity contribution in [1.29, 1.82) is 0 Å². The highest BCUT2D eigenvalue weighted by atomic mass is 35.5. The number of benzene rings is 2. The molecule has 40 heavy (non-hydrogen) atoms. The summed E-state index contributed by atoms with van der Waals surface area (Å²) in [5, 5.41) is 16.4. The molecule has 0 spiro atoms. The van der Waals surface area contributed by atoms with E-state index < -0.39 is 26.3 Å². The van der Waals surface area contributed by atoms with Gasteiger partial charge in [-0.05, 0) is 43.5 Å². The number of nitro benzene ring substituents is 1. The standard InChI is InChI=1S/C26H28ClN5O7S/c1-38-23-10-2-5-18(24(23)32(34)35)17-40(36,37)30-13-11-29(12-14-30)22-16-28-31(20-7-3-6-19(27)15-20)26(33)25(22)39-21-8-4-9-21/h2-3,5-7,10,15-16,21H,4,8-9,11-14,17H2,1H3. The summed E-state index contributed by atoms with van der Waals surface area (Å²) in [5.41, 5.74) is 0.265. The Bertz CT molecular complexity index is 1580. The third-order valence-electron chi connectivity index (χ3n) is 7.10. The molecule has 0 radical (unpaired) electrons. The third kappa shape index (κ3) is 5.62. The maximum Gasteiger partial charge on any atom is 0.316 e. The van der Waals surface area contributed by atoms with Crippen LogP contribution in [0.3, 0.4) is 0 Å². The van der Waals surface area contributed by atoms with Crippen LogP contribution in [0.4, 0.5) is 11.4 Å². The quantitative estimate of drug-likeness (QED) is 0.271. The molecular formula is C26H28ClN5O7S. The predicted molar refractivity (Wildman–Crippen MR) is 149 cm³/mol. The lowest BCUT2D eigenvalue weighted by atomic mass is 9.96. The van der Waals surface area contributed by atoms with E-state index in [4.69, 9.17) is 21.1 Å². The van der Waals surface area contributed by atoms with Crippen LogP contribution in [0.1, 0.15) is 24.8 Å². The second-order valence-corrected chi connectivity index (χ2v) is 12.0. The first-order valence-electron chi connectivity index (χ1n) is 12.8. The van der Waals surface area contributed by atoms with Gasteiger partial charge in [-0.2, -0.15) is 14.1 Å². The van der Waals surface area contributed by atoms with Crippen molar-refractivity contribution in [3.63, 3.8) is 0 Å². The smallest absolute Gasteiger partial charge is 0.316 e. The minimum Gasteiger partial charge on any atom is -0.490 e. The van der Waals surface area contributed by atoms with Crippen LogP contribution in [-0.2, 0) is 15.8 Å². The topological polar surface area (TPSA) is 137 Å². The van der Waals surface area contributed by atoms with Gasteiger partial charge in [-0.15, -0.1) is 0 Å². The predicted octanol–water partition coefficient (Wildman–Crippen LogP) is 3.39. The van der Waals surface area contributed by atoms with Crippen LogP contribution >= 0.6 is 11.6 Å². The number of piperazine rings is 1. The molecule has 2 fully saturated rings. The zero-order valence-corrected chi connectivity index (χ0v) is 23.3. The summed E-state index contributed by atoms with van der Waals surface area (Å²) in [6.07, 6.45) is 4.21. The number of ether oxygens (including phenoxy) is 2. The van der Waals surface area contributed by atoms with Crippen molar-refractivity contribution >= 4 is 33.0 Å². The third-order valence-corrected chi connectivity index (χ3v) is 9.16. The molecule has 1 saturated heterocycles. The van der Waals surface area contributed by atoms with E-state index in [9.17, 15) is 23.3 Å². The normalized spacial score (nSPS) is 16.4. The molecule has 1 saturated carbocycles.